The van der Waals surface area contributed by atoms with Crippen molar-refractivity contribution in [2.24, 2.45) is 0 Å². The van der Waals surface area contributed by atoms with Crippen molar-refractivity contribution in [3.63, 3.8) is 0 Å². The van der Waals surface area contributed by atoms with Crippen LogP contribution < -0.4 is 4.84 Å². The Labute approximate surface area is 93.2 Å². The van der Waals surface area contributed by atoms with E-state index in [0.29, 0.717) is 6.61 Å². The molecule has 1 aromatic heterocycles. The molecule has 3 rings (SSSR count). The summed E-state index contributed by atoms with van der Waals surface area (Å²) in [6.45, 7) is 2.57. The van der Waals surface area contributed by atoms with Gasteiger partial charge < -0.3 is 4.84 Å². The van der Waals surface area contributed by atoms with E-state index in [1.54, 1.807) is 0 Å². The first kappa shape index (κ1) is 9.21. The number of nitrogens with zero attached hydrogens (tertiary/aromatic N) is 2. The minimum Gasteiger partial charge on any atom is -0.397 e. The van der Waals surface area contributed by atoms with Crippen LogP contribution in [0.15, 0.2) is 42.6 Å². The summed E-state index contributed by atoms with van der Waals surface area (Å²) in [7, 11) is 0. The van der Waals surface area contributed by atoms with Gasteiger partial charge in [0, 0.05) is 10.8 Å². The Hall–Kier alpha value is -2.03. The van der Waals surface area contributed by atoms with Crippen LogP contribution in [0.5, 0.6) is 0 Å². The van der Waals surface area contributed by atoms with E-state index in [4.69, 9.17) is 4.84 Å². The van der Waals surface area contributed by atoms with E-state index in [1.165, 1.54) is 15.6 Å². The van der Waals surface area contributed by atoms with E-state index >= 15 is 0 Å². The van der Waals surface area contributed by atoms with Crippen LogP contribution in [0.1, 0.15) is 6.92 Å². The van der Waals surface area contributed by atoms with Crippen LogP contribution in [0.4, 0.5) is 0 Å². The Morgan fingerprint density at radius 1 is 1.12 bits per heavy atom. The van der Waals surface area contributed by atoms with Gasteiger partial charge in [0.15, 0.2) is 0 Å². The summed E-state index contributed by atoms with van der Waals surface area (Å²) in [5.41, 5.74) is 0.992. The molecule has 1 heterocycles. The van der Waals surface area contributed by atoms with Crippen molar-refractivity contribution in [2.75, 3.05) is 6.61 Å². The van der Waals surface area contributed by atoms with E-state index < -0.39 is 0 Å². The largest absolute Gasteiger partial charge is 0.397 e. The summed E-state index contributed by atoms with van der Waals surface area (Å²) in [4.78, 5) is 6.88. The van der Waals surface area contributed by atoms with E-state index in [1.807, 2.05) is 25.3 Å². The second kappa shape index (κ2) is 3.52. The number of aromatic nitrogens is 2. The molecular weight excluding hydrogens is 200 g/mol. The molecule has 80 valence electrons. The van der Waals surface area contributed by atoms with Gasteiger partial charge in [0.1, 0.15) is 12.1 Å². The number of hydrogen-bond donors (Lipinski definition) is 0. The highest BCUT2D eigenvalue weighted by Gasteiger charge is 2.04. The van der Waals surface area contributed by atoms with Gasteiger partial charge in [-0.25, -0.2) is 0 Å². The summed E-state index contributed by atoms with van der Waals surface area (Å²) >= 11 is 0. The lowest BCUT2D eigenvalue weighted by Crippen LogP contribution is -2.10. The molecule has 0 amide bonds. The van der Waals surface area contributed by atoms with Crippen molar-refractivity contribution in [1.29, 1.82) is 0 Å². The summed E-state index contributed by atoms with van der Waals surface area (Å²) in [6, 6.07) is 12.4. The maximum Gasteiger partial charge on any atom is 0.114 e. The summed E-state index contributed by atoms with van der Waals surface area (Å²) in [6.07, 6.45) is 1.91. The molecule has 2 aromatic carbocycles. The van der Waals surface area contributed by atoms with E-state index in [-0.39, 0.29) is 0 Å². The molecule has 0 N–H and O–H groups in total. The normalized spacial score (nSPS) is 11.1. The molecule has 0 saturated heterocycles. The topological polar surface area (TPSA) is 27.1 Å². The van der Waals surface area contributed by atoms with Gasteiger partial charge in [-0.3, -0.25) is 0 Å². The fourth-order valence-electron chi connectivity index (χ4n) is 1.93. The number of benzene rings is 2. The maximum absolute atomic E-state index is 5.35. The lowest BCUT2D eigenvalue weighted by Gasteiger charge is -1.98. The SMILES string of the molecule is CCOn1cc2ccc3ccccc3c2n1. The highest BCUT2D eigenvalue weighted by Crippen LogP contribution is 2.23. The van der Waals surface area contributed by atoms with E-state index in [9.17, 15) is 0 Å². The smallest absolute Gasteiger partial charge is 0.114 e. The second-order valence-corrected chi connectivity index (χ2v) is 3.67. The Kier molecular flexibility index (Phi) is 2.03. The Balaban J connectivity index is 2.32. The molecular formula is C13H12N2O. The molecule has 0 radical (unpaired) electrons. The molecule has 0 aliphatic carbocycles. The monoisotopic (exact) mass is 212 g/mol. The van der Waals surface area contributed by atoms with Crippen molar-refractivity contribution in [2.45, 2.75) is 6.92 Å². The quantitative estimate of drug-likeness (QED) is 0.653. The van der Waals surface area contributed by atoms with Crippen LogP contribution >= 0.6 is 0 Å². The highest BCUT2D eigenvalue weighted by atomic mass is 16.7. The van der Waals surface area contributed by atoms with Crippen molar-refractivity contribution in [3.8, 4) is 0 Å². The lowest BCUT2D eigenvalue weighted by molar-refractivity contribution is 0.0945. The molecule has 0 unspecified atom stereocenters. The molecule has 3 heteroatoms. The van der Waals surface area contributed by atoms with Crippen molar-refractivity contribution < 1.29 is 4.84 Å². The third kappa shape index (κ3) is 1.33. The average molecular weight is 212 g/mol. The third-order valence-electron chi connectivity index (χ3n) is 2.64. The van der Waals surface area contributed by atoms with Crippen LogP contribution in [0.3, 0.4) is 0 Å². The van der Waals surface area contributed by atoms with Gasteiger partial charge in [0.25, 0.3) is 0 Å². The average Bonchev–Trinajstić information content (AvgIpc) is 2.72. The molecule has 3 aromatic rings. The summed E-state index contributed by atoms with van der Waals surface area (Å²) in [5, 5.41) is 7.90. The van der Waals surface area contributed by atoms with Gasteiger partial charge in [-0.2, -0.15) is 0 Å². The van der Waals surface area contributed by atoms with Gasteiger partial charge in [-0.1, -0.05) is 36.4 Å². The third-order valence-corrected chi connectivity index (χ3v) is 2.64. The fraction of sp³-hybridized carbons (Fsp3) is 0.154. The molecule has 0 spiro atoms. The van der Waals surface area contributed by atoms with Crippen LogP contribution in [-0.4, -0.2) is 16.6 Å². The van der Waals surface area contributed by atoms with Gasteiger partial charge in [0.05, 0.1) is 6.20 Å². The molecule has 0 bridgehead atoms. The van der Waals surface area contributed by atoms with Crippen LogP contribution in [0.25, 0.3) is 21.7 Å². The standard InChI is InChI=1S/C13H12N2O/c1-2-16-15-9-11-8-7-10-5-3-4-6-12(10)13(11)14-15/h3-9H,2H2,1H3. The number of hydrogen-bond acceptors (Lipinski definition) is 2. The van der Waals surface area contributed by atoms with Gasteiger partial charge in [-0.05, 0) is 12.3 Å². The van der Waals surface area contributed by atoms with Crippen LogP contribution in [0, 0.1) is 0 Å². The van der Waals surface area contributed by atoms with E-state index in [0.717, 1.165) is 10.9 Å². The molecule has 0 fully saturated rings. The minimum atomic E-state index is 0.617. The van der Waals surface area contributed by atoms with Gasteiger partial charge in [-0.15, -0.1) is 9.94 Å². The predicted molar refractivity (Wildman–Crippen MR) is 64.4 cm³/mol. The molecule has 0 aliphatic heterocycles. The molecule has 3 nitrogen and oxygen atoms in total. The zero-order valence-electron chi connectivity index (χ0n) is 9.05. The zero-order chi connectivity index (χ0) is 11.0. The van der Waals surface area contributed by atoms with Gasteiger partial charge in [0.2, 0.25) is 0 Å². The fourth-order valence-corrected chi connectivity index (χ4v) is 1.93. The Bertz CT molecular complexity index is 643. The molecule has 16 heavy (non-hydrogen) atoms. The minimum absolute atomic E-state index is 0.617. The number of rotatable bonds is 2. The summed E-state index contributed by atoms with van der Waals surface area (Å²) < 4.78 is 0. The van der Waals surface area contributed by atoms with Crippen molar-refractivity contribution in [3.05, 3.63) is 42.6 Å². The summed E-state index contributed by atoms with van der Waals surface area (Å²) in [5.74, 6) is 0. The second-order valence-electron chi connectivity index (χ2n) is 3.67. The zero-order valence-corrected chi connectivity index (χ0v) is 9.05. The van der Waals surface area contributed by atoms with Crippen molar-refractivity contribution in [1.82, 2.24) is 9.94 Å². The predicted octanol–water partition coefficient (Wildman–Crippen LogP) is 2.64. The van der Waals surface area contributed by atoms with Crippen molar-refractivity contribution >= 4 is 21.7 Å². The maximum atomic E-state index is 5.35. The molecule has 0 atom stereocenters. The van der Waals surface area contributed by atoms with Crippen LogP contribution in [0.2, 0.25) is 0 Å². The Morgan fingerprint density at radius 2 is 1.94 bits per heavy atom. The van der Waals surface area contributed by atoms with E-state index in [2.05, 4.69) is 29.4 Å². The van der Waals surface area contributed by atoms with Crippen LogP contribution in [-0.2, 0) is 0 Å². The molecule has 0 saturated carbocycles. The lowest BCUT2D eigenvalue weighted by atomic mass is 10.1. The first-order valence-corrected chi connectivity index (χ1v) is 5.39. The first-order chi connectivity index (χ1) is 7.88. The molecule has 0 aliphatic rings. The number of fused-ring (bicyclic) bond motifs is 3. The van der Waals surface area contributed by atoms with Gasteiger partial charge >= 0.3 is 0 Å². The first-order valence-electron chi connectivity index (χ1n) is 5.39. The highest BCUT2D eigenvalue weighted by molar-refractivity contribution is 6.04. The Morgan fingerprint density at radius 3 is 2.81 bits per heavy atom.